The van der Waals surface area contributed by atoms with Crippen molar-refractivity contribution < 1.29 is 0 Å². The highest BCUT2D eigenvalue weighted by molar-refractivity contribution is 6.03. The third-order valence-electron chi connectivity index (χ3n) is 10.6. The molecule has 0 saturated carbocycles. The minimum atomic E-state index is -0.417. The van der Waals surface area contributed by atoms with Gasteiger partial charge in [0.15, 0.2) is 5.82 Å². The lowest BCUT2D eigenvalue weighted by Crippen LogP contribution is -2.28. The molecule has 2 heterocycles. The lowest BCUT2D eigenvalue weighted by molar-refractivity contribution is 0.769. The first kappa shape index (κ1) is 30.0. The van der Waals surface area contributed by atoms with E-state index in [4.69, 9.17) is 9.97 Å². The molecule has 1 aliphatic carbocycles. The van der Waals surface area contributed by atoms with Crippen molar-refractivity contribution in [2.24, 2.45) is 0 Å². The molecule has 0 radical (unpaired) electrons. The Hall–Kier alpha value is -6.84. The summed E-state index contributed by atoms with van der Waals surface area (Å²) in [5.41, 5.74) is 14.5. The Morgan fingerprint density at radius 2 is 0.962 bits per heavy atom. The molecule has 3 heteroatoms. The fraction of sp³-hybridized carbons (Fsp3) is 0.0204. The van der Waals surface area contributed by atoms with Crippen molar-refractivity contribution in [2.45, 2.75) is 5.41 Å². The predicted octanol–water partition coefficient (Wildman–Crippen LogP) is 11.8. The highest BCUT2D eigenvalue weighted by Gasteiger charge is 2.46. The molecule has 10 rings (SSSR count). The highest BCUT2D eigenvalue weighted by Crippen LogP contribution is 2.57. The molecule has 0 fully saturated rings. The standard InChI is InChI=1S/C49H33N3/c1-5-15-34(16-6-1)44-33-45(35-17-7-2-8-18-35)51-48(50-44)36-25-27-39(28-26-36)52-32-31-41-46(52)30-29-43-47(41)40-23-13-14-24-42(40)49(43,37-19-9-3-10-20-37)38-21-11-4-12-22-38/h1-33H. The number of benzene rings is 7. The molecule has 0 bridgehead atoms. The molecule has 52 heavy (non-hydrogen) atoms. The number of nitrogens with zero attached hydrogens (tertiary/aromatic N) is 3. The van der Waals surface area contributed by atoms with E-state index < -0.39 is 5.41 Å². The van der Waals surface area contributed by atoms with Crippen LogP contribution in [0.2, 0.25) is 0 Å². The molecule has 0 saturated heterocycles. The summed E-state index contributed by atoms with van der Waals surface area (Å²) < 4.78 is 2.30. The van der Waals surface area contributed by atoms with Gasteiger partial charge in [0.05, 0.1) is 22.3 Å². The molecule has 0 N–H and O–H groups in total. The Kier molecular flexibility index (Phi) is 7.04. The van der Waals surface area contributed by atoms with Crippen LogP contribution in [0.3, 0.4) is 0 Å². The second-order valence-electron chi connectivity index (χ2n) is 13.4. The SMILES string of the molecule is c1ccc(-c2cc(-c3ccccc3)nc(-c3ccc(-n4ccc5c6c(ccc54)C(c4ccccc4)(c4ccccc4)c4ccccc4-6)cc3)n2)cc1. The molecular formula is C49H33N3. The summed E-state index contributed by atoms with van der Waals surface area (Å²) in [6.45, 7) is 0. The minimum absolute atomic E-state index is 0.417. The maximum Gasteiger partial charge on any atom is 0.160 e. The second-order valence-corrected chi connectivity index (χ2v) is 13.4. The zero-order valence-electron chi connectivity index (χ0n) is 28.4. The van der Waals surface area contributed by atoms with Crippen LogP contribution in [-0.2, 0) is 5.41 Å². The predicted molar refractivity (Wildman–Crippen MR) is 212 cm³/mol. The van der Waals surface area contributed by atoms with Crippen molar-refractivity contribution in [3.8, 4) is 50.7 Å². The summed E-state index contributed by atoms with van der Waals surface area (Å²) in [7, 11) is 0. The van der Waals surface area contributed by atoms with Crippen molar-refractivity contribution >= 4 is 10.9 Å². The normalized spacial score (nSPS) is 12.8. The van der Waals surface area contributed by atoms with Crippen LogP contribution in [0.5, 0.6) is 0 Å². The van der Waals surface area contributed by atoms with Gasteiger partial charge < -0.3 is 4.57 Å². The summed E-state index contributed by atoms with van der Waals surface area (Å²) >= 11 is 0. The molecule has 244 valence electrons. The van der Waals surface area contributed by atoms with Crippen LogP contribution in [0, 0.1) is 0 Å². The zero-order valence-corrected chi connectivity index (χ0v) is 28.4. The van der Waals surface area contributed by atoms with Crippen molar-refractivity contribution in [3.63, 3.8) is 0 Å². The minimum Gasteiger partial charge on any atom is -0.317 e. The lowest BCUT2D eigenvalue weighted by Gasteiger charge is -2.33. The van der Waals surface area contributed by atoms with E-state index in [1.54, 1.807) is 0 Å². The van der Waals surface area contributed by atoms with Crippen molar-refractivity contribution in [1.29, 1.82) is 0 Å². The topological polar surface area (TPSA) is 30.7 Å². The van der Waals surface area contributed by atoms with Gasteiger partial charge in [0.2, 0.25) is 0 Å². The quantitative estimate of drug-likeness (QED) is 0.177. The lowest BCUT2D eigenvalue weighted by atomic mass is 9.67. The number of rotatable bonds is 6. The van der Waals surface area contributed by atoms with Crippen molar-refractivity contribution in [1.82, 2.24) is 14.5 Å². The molecule has 0 unspecified atom stereocenters. The summed E-state index contributed by atoms with van der Waals surface area (Å²) in [5.74, 6) is 0.705. The molecule has 9 aromatic rings. The van der Waals surface area contributed by atoms with Crippen LogP contribution in [0.1, 0.15) is 22.3 Å². The highest BCUT2D eigenvalue weighted by atomic mass is 15.0. The average molecular weight is 664 g/mol. The van der Waals surface area contributed by atoms with Gasteiger partial charge in [-0.15, -0.1) is 0 Å². The maximum atomic E-state index is 5.05. The average Bonchev–Trinajstić information content (AvgIpc) is 3.80. The Morgan fingerprint density at radius 3 is 1.56 bits per heavy atom. The first-order valence-electron chi connectivity index (χ1n) is 17.8. The third-order valence-corrected chi connectivity index (χ3v) is 10.6. The molecule has 7 aromatic carbocycles. The second kappa shape index (κ2) is 12.2. The summed E-state index contributed by atoms with van der Waals surface area (Å²) in [6, 6.07) is 69.2. The van der Waals surface area contributed by atoms with E-state index in [0.29, 0.717) is 5.82 Å². The molecule has 3 nitrogen and oxygen atoms in total. The van der Waals surface area contributed by atoms with E-state index in [1.807, 2.05) is 36.4 Å². The van der Waals surface area contributed by atoms with Crippen LogP contribution >= 0.6 is 0 Å². The van der Waals surface area contributed by atoms with Gasteiger partial charge in [-0.1, -0.05) is 152 Å². The number of fused-ring (bicyclic) bond motifs is 5. The maximum absolute atomic E-state index is 5.05. The molecule has 0 atom stereocenters. The van der Waals surface area contributed by atoms with Crippen LogP contribution in [0.25, 0.3) is 61.6 Å². The van der Waals surface area contributed by atoms with E-state index in [2.05, 4.69) is 168 Å². The van der Waals surface area contributed by atoms with Gasteiger partial charge in [0.25, 0.3) is 0 Å². The van der Waals surface area contributed by atoms with Crippen LogP contribution in [-0.4, -0.2) is 14.5 Å². The van der Waals surface area contributed by atoms with Gasteiger partial charge in [-0.3, -0.25) is 0 Å². The van der Waals surface area contributed by atoms with E-state index in [0.717, 1.165) is 33.8 Å². The Bertz CT molecular complexity index is 2600. The largest absolute Gasteiger partial charge is 0.317 e. The van der Waals surface area contributed by atoms with Gasteiger partial charge >= 0.3 is 0 Å². The van der Waals surface area contributed by atoms with E-state index in [1.165, 1.54) is 44.3 Å². The Balaban J connectivity index is 1.10. The zero-order chi connectivity index (χ0) is 34.5. The van der Waals surface area contributed by atoms with Gasteiger partial charge in [-0.2, -0.15) is 0 Å². The number of aromatic nitrogens is 3. The third kappa shape index (κ3) is 4.67. The van der Waals surface area contributed by atoms with Crippen LogP contribution < -0.4 is 0 Å². The van der Waals surface area contributed by atoms with Gasteiger partial charge in [0.1, 0.15) is 0 Å². The molecule has 0 amide bonds. The first-order valence-corrected chi connectivity index (χ1v) is 17.8. The van der Waals surface area contributed by atoms with Crippen LogP contribution in [0.15, 0.2) is 200 Å². The van der Waals surface area contributed by atoms with E-state index in [9.17, 15) is 0 Å². The van der Waals surface area contributed by atoms with Gasteiger partial charge in [-0.05, 0) is 75.8 Å². The molecule has 0 aliphatic heterocycles. The number of hydrogen-bond donors (Lipinski definition) is 0. The Labute approximate surface area is 303 Å². The van der Waals surface area contributed by atoms with Crippen molar-refractivity contribution in [2.75, 3.05) is 0 Å². The fourth-order valence-corrected chi connectivity index (χ4v) is 8.24. The van der Waals surface area contributed by atoms with Gasteiger partial charge in [-0.25, -0.2) is 9.97 Å². The molecular weight excluding hydrogens is 631 g/mol. The fourth-order valence-electron chi connectivity index (χ4n) is 8.24. The van der Waals surface area contributed by atoms with E-state index in [-0.39, 0.29) is 0 Å². The summed E-state index contributed by atoms with van der Waals surface area (Å²) in [4.78, 5) is 10.1. The molecule has 0 spiro atoms. The monoisotopic (exact) mass is 663 g/mol. The van der Waals surface area contributed by atoms with Crippen LogP contribution in [0.4, 0.5) is 0 Å². The van der Waals surface area contributed by atoms with Crippen molar-refractivity contribution in [3.05, 3.63) is 223 Å². The van der Waals surface area contributed by atoms with Gasteiger partial charge in [0, 0.05) is 34.0 Å². The van der Waals surface area contributed by atoms with E-state index >= 15 is 0 Å². The summed E-state index contributed by atoms with van der Waals surface area (Å²) in [6.07, 6.45) is 2.20. The first-order chi connectivity index (χ1) is 25.8. The Morgan fingerprint density at radius 1 is 0.423 bits per heavy atom. The molecule has 2 aromatic heterocycles. The summed E-state index contributed by atoms with van der Waals surface area (Å²) in [5, 5.41) is 1.24. The molecule has 1 aliphatic rings. The smallest absolute Gasteiger partial charge is 0.160 e. The number of hydrogen-bond acceptors (Lipinski definition) is 2.